The van der Waals surface area contributed by atoms with Crippen molar-refractivity contribution < 1.29 is 9.53 Å². The third-order valence-electron chi connectivity index (χ3n) is 1.76. The molecule has 1 N–H and O–H groups in total. The van der Waals surface area contributed by atoms with E-state index in [4.69, 9.17) is 4.74 Å². The van der Waals surface area contributed by atoms with Crippen LogP contribution in [0.3, 0.4) is 0 Å². The fraction of sp³-hybridized carbons (Fsp3) is 0.818. The summed E-state index contributed by atoms with van der Waals surface area (Å²) < 4.78 is 5.10. The monoisotopic (exact) mass is 214 g/mol. The first kappa shape index (κ1) is 13.9. The maximum atomic E-state index is 11.3. The molecule has 4 nitrogen and oxygen atoms in total. The van der Waals surface area contributed by atoms with Gasteiger partial charge in [0, 0.05) is 13.1 Å². The molecule has 0 unspecified atom stereocenters. The number of aliphatic imine (C=N–C) groups is 1. The van der Waals surface area contributed by atoms with Crippen molar-refractivity contribution in [3.63, 3.8) is 0 Å². The molecule has 0 aliphatic heterocycles. The molecule has 0 atom stereocenters. The summed E-state index contributed by atoms with van der Waals surface area (Å²) in [6.07, 6.45) is 2.09. The zero-order valence-corrected chi connectivity index (χ0v) is 10.2. The number of ether oxygens (including phenoxy) is 1. The Kier molecular flexibility index (Phi) is 7.68. The lowest BCUT2D eigenvalue weighted by Gasteiger charge is -2.09. The summed E-state index contributed by atoms with van der Waals surface area (Å²) in [6.45, 7) is 9.05. The number of carbonyl (C=O) groups excluding carboxylic acids is 1. The third-order valence-corrected chi connectivity index (χ3v) is 1.76. The van der Waals surface area contributed by atoms with Crippen LogP contribution in [0.1, 0.15) is 40.5 Å². The highest BCUT2D eigenvalue weighted by atomic mass is 16.6. The maximum absolute atomic E-state index is 11.3. The van der Waals surface area contributed by atoms with Gasteiger partial charge in [-0.1, -0.05) is 27.2 Å². The van der Waals surface area contributed by atoms with E-state index in [0.29, 0.717) is 19.1 Å². The standard InChI is InChI=1S/C11H22N2O2/c1-5-7-8-13-11(12-6-2)15-10(14)9(3)4/h9H,5-8H2,1-4H3,(H,12,13). The van der Waals surface area contributed by atoms with Gasteiger partial charge in [-0.3, -0.25) is 4.79 Å². The largest absolute Gasteiger partial charge is 0.393 e. The number of nitrogens with zero attached hydrogens (tertiary/aromatic N) is 1. The van der Waals surface area contributed by atoms with Crippen LogP contribution in [0.5, 0.6) is 0 Å². The van der Waals surface area contributed by atoms with Crippen molar-refractivity contribution in [2.75, 3.05) is 13.1 Å². The minimum atomic E-state index is -0.244. The number of nitrogens with one attached hydrogen (secondary N) is 1. The molecule has 0 aromatic carbocycles. The van der Waals surface area contributed by atoms with Crippen molar-refractivity contribution in [2.24, 2.45) is 10.9 Å². The molecule has 0 radical (unpaired) electrons. The first-order valence-corrected chi connectivity index (χ1v) is 5.61. The van der Waals surface area contributed by atoms with Gasteiger partial charge in [-0.25, -0.2) is 4.99 Å². The minimum Gasteiger partial charge on any atom is -0.393 e. The normalized spacial score (nSPS) is 11.7. The van der Waals surface area contributed by atoms with Crippen molar-refractivity contribution in [3.8, 4) is 0 Å². The highest BCUT2D eigenvalue weighted by Gasteiger charge is 2.11. The fourth-order valence-electron chi connectivity index (χ4n) is 0.827. The molecule has 0 aromatic rings. The fourth-order valence-corrected chi connectivity index (χ4v) is 0.827. The van der Waals surface area contributed by atoms with Crippen molar-refractivity contribution in [2.45, 2.75) is 40.5 Å². The quantitative estimate of drug-likeness (QED) is 0.329. The zero-order chi connectivity index (χ0) is 11.7. The van der Waals surface area contributed by atoms with E-state index < -0.39 is 0 Å². The van der Waals surface area contributed by atoms with Crippen molar-refractivity contribution in [3.05, 3.63) is 0 Å². The Morgan fingerprint density at radius 3 is 2.53 bits per heavy atom. The number of carbonyl (C=O) groups is 1. The van der Waals surface area contributed by atoms with Gasteiger partial charge >= 0.3 is 5.97 Å². The van der Waals surface area contributed by atoms with Gasteiger partial charge in [-0.15, -0.1) is 0 Å². The number of unbranched alkanes of at least 4 members (excludes halogenated alkanes) is 1. The van der Waals surface area contributed by atoms with Crippen molar-refractivity contribution >= 4 is 12.0 Å². The van der Waals surface area contributed by atoms with Gasteiger partial charge in [0.2, 0.25) is 0 Å². The van der Waals surface area contributed by atoms with Gasteiger partial charge in [0.25, 0.3) is 6.02 Å². The SMILES string of the molecule is CCCC/N=C(/NCC)OC(=O)C(C)C. The van der Waals surface area contributed by atoms with E-state index in [1.165, 1.54) is 0 Å². The predicted molar refractivity (Wildman–Crippen MR) is 61.8 cm³/mol. The third kappa shape index (κ3) is 6.94. The van der Waals surface area contributed by atoms with Crippen LogP contribution in [0.2, 0.25) is 0 Å². The van der Waals surface area contributed by atoms with E-state index in [9.17, 15) is 4.79 Å². The van der Waals surface area contributed by atoms with E-state index in [-0.39, 0.29) is 11.9 Å². The Morgan fingerprint density at radius 2 is 2.07 bits per heavy atom. The molecule has 0 spiro atoms. The Labute approximate surface area is 92.1 Å². The van der Waals surface area contributed by atoms with Crippen LogP contribution in [0.25, 0.3) is 0 Å². The van der Waals surface area contributed by atoms with Crippen molar-refractivity contribution in [1.82, 2.24) is 5.32 Å². The van der Waals surface area contributed by atoms with Gasteiger partial charge in [0.1, 0.15) is 0 Å². The maximum Gasteiger partial charge on any atom is 0.316 e. The zero-order valence-electron chi connectivity index (χ0n) is 10.2. The molecular weight excluding hydrogens is 192 g/mol. The first-order valence-electron chi connectivity index (χ1n) is 5.61. The number of amidine groups is 1. The Morgan fingerprint density at radius 1 is 1.40 bits per heavy atom. The average Bonchev–Trinajstić information content (AvgIpc) is 2.18. The molecule has 0 saturated heterocycles. The number of esters is 1. The molecule has 88 valence electrons. The number of hydrogen-bond acceptors (Lipinski definition) is 3. The van der Waals surface area contributed by atoms with E-state index in [0.717, 1.165) is 12.8 Å². The smallest absolute Gasteiger partial charge is 0.316 e. The Bertz CT molecular complexity index is 213. The summed E-state index contributed by atoms with van der Waals surface area (Å²) in [6, 6.07) is 0.352. The lowest BCUT2D eigenvalue weighted by atomic mass is 10.2. The molecule has 0 fully saturated rings. The Balaban J connectivity index is 4.13. The molecule has 0 heterocycles. The highest BCUT2D eigenvalue weighted by Crippen LogP contribution is 1.97. The summed E-state index contributed by atoms with van der Waals surface area (Å²) in [7, 11) is 0. The van der Waals surface area contributed by atoms with Crippen LogP contribution < -0.4 is 5.32 Å². The molecule has 0 aliphatic carbocycles. The van der Waals surface area contributed by atoms with Gasteiger partial charge in [0.15, 0.2) is 0 Å². The van der Waals surface area contributed by atoms with Crippen LogP contribution in [0.15, 0.2) is 4.99 Å². The van der Waals surface area contributed by atoms with Crippen LogP contribution in [0, 0.1) is 5.92 Å². The minimum absolute atomic E-state index is 0.125. The Hall–Kier alpha value is -1.06. The summed E-state index contributed by atoms with van der Waals surface area (Å²) in [5.41, 5.74) is 0. The van der Waals surface area contributed by atoms with Gasteiger partial charge in [0.05, 0.1) is 5.92 Å². The molecule has 0 aliphatic rings. The van der Waals surface area contributed by atoms with Gasteiger partial charge < -0.3 is 10.1 Å². The summed E-state index contributed by atoms with van der Waals surface area (Å²) in [5.74, 6) is -0.369. The molecule has 0 bridgehead atoms. The van der Waals surface area contributed by atoms with Crippen LogP contribution in [0.4, 0.5) is 0 Å². The highest BCUT2D eigenvalue weighted by molar-refractivity contribution is 5.88. The second-order valence-electron chi connectivity index (χ2n) is 3.65. The second-order valence-corrected chi connectivity index (χ2v) is 3.65. The molecule has 15 heavy (non-hydrogen) atoms. The van der Waals surface area contributed by atoms with Crippen LogP contribution in [-0.4, -0.2) is 25.1 Å². The van der Waals surface area contributed by atoms with Crippen molar-refractivity contribution in [1.29, 1.82) is 0 Å². The average molecular weight is 214 g/mol. The molecule has 0 aromatic heterocycles. The molecule has 0 saturated carbocycles. The number of hydrogen-bond donors (Lipinski definition) is 1. The molecule has 0 rings (SSSR count). The first-order chi connectivity index (χ1) is 7.11. The summed E-state index contributed by atoms with van der Waals surface area (Å²) in [4.78, 5) is 15.5. The van der Waals surface area contributed by atoms with E-state index >= 15 is 0 Å². The molecular formula is C11H22N2O2. The van der Waals surface area contributed by atoms with E-state index in [1.54, 1.807) is 13.8 Å². The van der Waals surface area contributed by atoms with Gasteiger partial charge in [-0.05, 0) is 13.3 Å². The molecule has 4 heteroatoms. The van der Waals surface area contributed by atoms with Gasteiger partial charge in [-0.2, -0.15) is 0 Å². The summed E-state index contributed by atoms with van der Waals surface area (Å²) >= 11 is 0. The number of rotatable bonds is 5. The van der Waals surface area contributed by atoms with Crippen LogP contribution >= 0.6 is 0 Å². The van der Waals surface area contributed by atoms with Crippen LogP contribution in [-0.2, 0) is 9.53 Å². The predicted octanol–water partition coefficient (Wildman–Crippen LogP) is 1.95. The summed E-state index contributed by atoms with van der Waals surface area (Å²) in [5, 5.41) is 2.93. The second kappa shape index (κ2) is 8.26. The van der Waals surface area contributed by atoms with E-state index in [1.807, 2.05) is 6.92 Å². The lowest BCUT2D eigenvalue weighted by Crippen LogP contribution is -2.30. The van der Waals surface area contributed by atoms with E-state index in [2.05, 4.69) is 17.2 Å². The topological polar surface area (TPSA) is 50.7 Å². The molecule has 0 amide bonds. The lowest BCUT2D eigenvalue weighted by molar-refractivity contribution is -0.139.